The number of nitrogens with zero attached hydrogens (tertiary/aromatic N) is 1. The van der Waals surface area contributed by atoms with Gasteiger partial charge in [0.15, 0.2) is 5.58 Å². The molecule has 0 atom stereocenters. The SMILES string of the molecule is O=c1oc2ccc(I)cc2n1Cc1cc(Cl)ccc1Cl. The zero-order valence-electron chi connectivity index (χ0n) is 10.1. The fourth-order valence-corrected chi connectivity index (χ4v) is 2.87. The van der Waals surface area contributed by atoms with Crippen molar-refractivity contribution in [3.8, 4) is 0 Å². The van der Waals surface area contributed by atoms with Crippen molar-refractivity contribution in [3.05, 3.63) is 66.1 Å². The minimum atomic E-state index is -0.405. The highest BCUT2D eigenvalue weighted by molar-refractivity contribution is 14.1. The second-order valence-corrected chi connectivity index (χ2v) is 6.39. The summed E-state index contributed by atoms with van der Waals surface area (Å²) >= 11 is 14.3. The van der Waals surface area contributed by atoms with E-state index in [-0.39, 0.29) is 0 Å². The summed E-state index contributed by atoms with van der Waals surface area (Å²) in [5, 5.41) is 1.15. The van der Waals surface area contributed by atoms with Crippen LogP contribution in [0, 0.1) is 3.57 Å². The first-order valence-electron chi connectivity index (χ1n) is 5.77. The fourth-order valence-electron chi connectivity index (χ4n) is 2.02. The summed E-state index contributed by atoms with van der Waals surface area (Å²) in [6.07, 6.45) is 0. The average molecular weight is 420 g/mol. The third-order valence-electron chi connectivity index (χ3n) is 2.97. The maximum absolute atomic E-state index is 12.0. The van der Waals surface area contributed by atoms with Crippen molar-refractivity contribution in [3.63, 3.8) is 0 Å². The van der Waals surface area contributed by atoms with Crippen molar-refractivity contribution in [2.75, 3.05) is 0 Å². The lowest BCUT2D eigenvalue weighted by molar-refractivity contribution is 0.518. The van der Waals surface area contributed by atoms with Crippen LogP contribution in [-0.2, 0) is 6.54 Å². The Balaban J connectivity index is 2.15. The Morgan fingerprint density at radius 2 is 1.95 bits per heavy atom. The highest BCUT2D eigenvalue weighted by Crippen LogP contribution is 2.23. The van der Waals surface area contributed by atoms with Crippen LogP contribution in [0.5, 0.6) is 0 Å². The zero-order chi connectivity index (χ0) is 14.3. The van der Waals surface area contributed by atoms with Crippen molar-refractivity contribution in [2.24, 2.45) is 0 Å². The maximum Gasteiger partial charge on any atom is 0.420 e. The standard InChI is InChI=1S/C14H8Cl2INO2/c15-9-1-3-11(16)8(5-9)7-18-12-6-10(17)2-4-13(12)20-14(18)19/h1-6H,7H2. The van der Waals surface area contributed by atoms with Gasteiger partial charge < -0.3 is 4.42 Å². The molecule has 0 unspecified atom stereocenters. The summed E-state index contributed by atoms with van der Waals surface area (Å²) in [5.41, 5.74) is 2.09. The van der Waals surface area contributed by atoms with Crippen LogP contribution in [0.3, 0.4) is 0 Å². The number of fused-ring (bicyclic) bond motifs is 1. The number of aromatic nitrogens is 1. The van der Waals surface area contributed by atoms with Crippen molar-refractivity contribution in [2.45, 2.75) is 6.54 Å². The maximum atomic E-state index is 12.0. The number of oxazole rings is 1. The molecule has 1 aromatic heterocycles. The van der Waals surface area contributed by atoms with Gasteiger partial charge in [-0.15, -0.1) is 0 Å². The number of hydrogen-bond acceptors (Lipinski definition) is 2. The lowest BCUT2D eigenvalue weighted by Gasteiger charge is -2.06. The molecular formula is C14H8Cl2INO2. The second kappa shape index (κ2) is 5.42. The van der Waals surface area contributed by atoms with Crippen LogP contribution in [0.4, 0.5) is 0 Å². The van der Waals surface area contributed by atoms with Crippen LogP contribution in [0.15, 0.2) is 45.6 Å². The third-order valence-corrected chi connectivity index (χ3v) is 4.24. The molecular weight excluding hydrogens is 412 g/mol. The summed E-state index contributed by atoms with van der Waals surface area (Å²) in [6.45, 7) is 0.325. The van der Waals surface area contributed by atoms with E-state index in [9.17, 15) is 4.79 Å². The van der Waals surface area contributed by atoms with Crippen molar-refractivity contribution in [1.29, 1.82) is 0 Å². The topological polar surface area (TPSA) is 35.1 Å². The van der Waals surface area contributed by atoms with Crippen molar-refractivity contribution in [1.82, 2.24) is 4.57 Å². The van der Waals surface area contributed by atoms with E-state index in [1.54, 1.807) is 28.8 Å². The average Bonchev–Trinajstić information content (AvgIpc) is 2.70. The normalized spacial score (nSPS) is 11.2. The first kappa shape index (κ1) is 14.0. The molecule has 0 bridgehead atoms. The highest BCUT2D eigenvalue weighted by atomic mass is 127. The summed E-state index contributed by atoms with van der Waals surface area (Å²) in [7, 11) is 0. The molecule has 0 spiro atoms. The van der Waals surface area contributed by atoms with Crippen LogP contribution in [0.25, 0.3) is 11.1 Å². The Kier molecular flexibility index (Phi) is 3.79. The van der Waals surface area contributed by atoms with Gasteiger partial charge in [-0.25, -0.2) is 4.79 Å². The lowest BCUT2D eigenvalue weighted by atomic mass is 10.2. The number of halogens is 3. The lowest BCUT2D eigenvalue weighted by Crippen LogP contribution is -2.15. The molecule has 3 aromatic rings. The summed E-state index contributed by atoms with van der Waals surface area (Å²) in [6, 6.07) is 10.8. The Morgan fingerprint density at radius 3 is 2.75 bits per heavy atom. The molecule has 0 aliphatic carbocycles. The molecule has 3 rings (SSSR count). The van der Waals surface area contributed by atoms with E-state index in [4.69, 9.17) is 27.6 Å². The molecule has 0 saturated heterocycles. The Morgan fingerprint density at radius 1 is 1.15 bits per heavy atom. The molecule has 1 heterocycles. The van der Waals surface area contributed by atoms with Gasteiger partial charge in [-0.1, -0.05) is 23.2 Å². The van der Waals surface area contributed by atoms with Crippen LogP contribution >= 0.6 is 45.8 Å². The highest BCUT2D eigenvalue weighted by Gasteiger charge is 2.12. The summed E-state index contributed by atoms with van der Waals surface area (Å²) in [5.74, 6) is -0.405. The van der Waals surface area contributed by atoms with E-state index in [0.29, 0.717) is 22.2 Å². The number of benzene rings is 2. The van der Waals surface area contributed by atoms with Gasteiger partial charge in [-0.05, 0) is 64.6 Å². The van der Waals surface area contributed by atoms with E-state index in [1.165, 1.54) is 0 Å². The quantitative estimate of drug-likeness (QED) is 0.571. The second-order valence-electron chi connectivity index (χ2n) is 4.30. The molecule has 0 fully saturated rings. The zero-order valence-corrected chi connectivity index (χ0v) is 13.7. The van der Waals surface area contributed by atoms with Gasteiger partial charge in [0, 0.05) is 13.6 Å². The predicted molar refractivity (Wildman–Crippen MR) is 88.8 cm³/mol. The Bertz CT molecular complexity index is 854. The van der Waals surface area contributed by atoms with E-state index < -0.39 is 5.76 Å². The molecule has 0 radical (unpaired) electrons. The molecule has 0 aliphatic rings. The van der Waals surface area contributed by atoms with Gasteiger partial charge in [0.2, 0.25) is 0 Å². The van der Waals surface area contributed by atoms with Crippen LogP contribution in [0.2, 0.25) is 10.0 Å². The minimum Gasteiger partial charge on any atom is -0.408 e. The molecule has 3 nitrogen and oxygen atoms in total. The largest absolute Gasteiger partial charge is 0.420 e. The van der Waals surface area contributed by atoms with E-state index >= 15 is 0 Å². The van der Waals surface area contributed by atoms with Gasteiger partial charge in [0.1, 0.15) is 0 Å². The number of hydrogen-bond donors (Lipinski definition) is 0. The smallest absolute Gasteiger partial charge is 0.408 e. The molecule has 6 heteroatoms. The molecule has 0 amide bonds. The minimum absolute atomic E-state index is 0.325. The third kappa shape index (κ3) is 2.60. The van der Waals surface area contributed by atoms with Crippen LogP contribution in [0.1, 0.15) is 5.56 Å². The van der Waals surface area contributed by atoms with E-state index in [2.05, 4.69) is 22.6 Å². The van der Waals surface area contributed by atoms with Crippen LogP contribution < -0.4 is 5.76 Å². The number of rotatable bonds is 2. The predicted octanol–water partition coefficient (Wildman–Crippen LogP) is 4.55. The molecule has 0 saturated carbocycles. The first-order valence-corrected chi connectivity index (χ1v) is 7.61. The van der Waals surface area contributed by atoms with Crippen molar-refractivity contribution >= 4 is 56.9 Å². The van der Waals surface area contributed by atoms with Crippen molar-refractivity contribution < 1.29 is 4.42 Å². The van der Waals surface area contributed by atoms with Gasteiger partial charge in [0.25, 0.3) is 0 Å². The molecule has 0 N–H and O–H groups in total. The fraction of sp³-hybridized carbons (Fsp3) is 0.0714. The first-order chi connectivity index (χ1) is 9.54. The monoisotopic (exact) mass is 419 g/mol. The van der Waals surface area contributed by atoms with E-state index in [0.717, 1.165) is 14.7 Å². The summed E-state index contributed by atoms with van der Waals surface area (Å²) in [4.78, 5) is 12.0. The molecule has 102 valence electrons. The Hall–Kier alpha value is -0.980. The van der Waals surface area contributed by atoms with Gasteiger partial charge in [0.05, 0.1) is 12.1 Å². The van der Waals surface area contributed by atoms with E-state index in [1.807, 2.05) is 12.1 Å². The molecule has 2 aromatic carbocycles. The van der Waals surface area contributed by atoms with Gasteiger partial charge in [-0.2, -0.15) is 0 Å². The van der Waals surface area contributed by atoms with Gasteiger partial charge >= 0.3 is 5.76 Å². The summed E-state index contributed by atoms with van der Waals surface area (Å²) < 4.78 is 7.80. The van der Waals surface area contributed by atoms with Crippen LogP contribution in [-0.4, -0.2) is 4.57 Å². The molecule has 0 aliphatic heterocycles. The van der Waals surface area contributed by atoms with Gasteiger partial charge in [-0.3, -0.25) is 4.57 Å². The Labute approximate surface area is 138 Å². The molecule has 20 heavy (non-hydrogen) atoms.